The van der Waals surface area contributed by atoms with Gasteiger partial charge >= 0.3 is 18.0 Å². The van der Waals surface area contributed by atoms with E-state index in [1.807, 2.05) is 27.0 Å². The Morgan fingerprint density at radius 2 is 1.33 bits per heavy atom. The van der Waals surface area contributed by atoms with Crippen LogP contribution in [0.25, 0.3) is 0 Å². The van der Waals surface area contributed by atoms with Gasteiger partial charge in [-0.3, -0.25) is 23.9 Å². The van der Waals surface area contributed by atoms with Crippen molar-refractivity contribution in [1.29, 1.82) is 0 Å². The highest BCUT2D eigenvalue weighted by Gasteiger charge is 2.19. The normalized spacial score (nSPS) is 11.8. The molecule has 0 radical (unpaired) electrons. The number of nitrogens with one attached hydrogen (secondary N) is 4. The molecule has 0 bridgehead atoms. The molecule has 2 rings (SSSR count). The van der Waals surface area contributed by atoms with Gasteiger partial charge in [-0.2, -0.15) is 0 Å². The van der Waals surface area contributed by atoms with E-state index in [0.29, 0.717) is 89.7 Å². The zero-order chi connectivity index (χ0) is 44.7. The number of aliphatic carboxylic acids is 2. The van der Waals surface area contributed by atoms with Crippen molar-refractivity contribution in [2.75, 3.05) is 65.9 Å². The standard InChI is InChI=1S/C42H67N7O12/c1-42(2,3)61-31-37(51)43-21-24-58-26-28-60-29-27-59-25-22-44-39(54)33-18-16-32(17-19-33)36(50)14-8-6-4-5-7-12-34-30-49(48-47-34)23-10-9-13-35(40(55)56)46-41(57)45-20-11-15-38(52)53/h16-19,30,35H,4-15,20-29,31H2,1-3H3,(H,43,51)(H,44,54)(H,52,53)(H,55,56)(H2,45,46,57)/t35-/m0/s1. The zero-order valence-electron chi connectivity index (χ0n) is 36.0. The predicted molar refractivity (Wildman–Crippen MR) is 224 cm³/mol. The average molecular weight is 862 g/mol. The summed E-state index contributed by atoms with van der Waals surface area (Å²) in [6.07, 6.45) is 9.36. The molecule has 1 aromatic carbocycles. The van der Waals surface area contributed by atoms with E-state index in [0.717, 1.165) is 44.2 Å². The Bertz CT molecular complexity index is 1600. The van der Waals surface area contributed by atoms with Crippen molar-refractivity contribution in [3.63, 3.8) is 0 Å². The SMILES string of the molecule is CC(C)(C)OCC(=O)NCCOCCOCCOCCNC(=O)c1ccc(C(=O)CCCCCCCc2cn(CCCC[C@H](NC(=O)NCCCC(=O)O)C(=O)O)nn2)cc1. The van der Waals surface area contributed by atoms with Crippen LogP contribution >= 0.6 is 0 Å². The molecule has 4 amide bonds. The number of hydrogen-bond donors (Lipinski definition) is 6. The lowest BCUT2D eigenvalue weighted by atomic mass is 10.0. The number of carbonyl (C=O) groups excluding carboxylic acids is 4. The highest BCUT2D eigenvalue weighted by Crippen LogP contribution is 2.13. The number of carboxylic acids is 2. The van der Waals surface area contributed by atoms with Gasteiger partial charge in [0.05, 0.1) is 50.9 Å². The van der Waals surface area contributed by atoms with E-state index in [-0.39, 0.29) is 55.6 Å². The maximum absolute atomic E-state index is 12.7. The minimum atomic E-state index is -1.14. The molecule has 0 aliphatic rings. The van der Waals surface area contributed by atoms with Crippen LogP contribution < -0.4 is 21.3 Å². The van der Waals surface area contributed by atoms with E-state index >= 15 is 0 Å². The summed E-state index contributed by atoms with van der Waals surface area (Å²) in [6, 6.07) is 4.98. The number of ether oxygens (including phenoxy) is 4. The van der Waals surface area contributed by atoms with Crippen LogP contribution in [0.3, 0.4) is 0 Å². The first-order valence-electron chi connectivity index (χ1n) is 21.2. The lowest BCUT2D eigenvalue weighted by molar-refractivity contribution is -0.139. The second-order valence-corrected chi connectivity index (χ2v) is 15.4. The average Bonchev–Trinajstić information content (AvgIpc) is 3.68. The van der Waals surface area contributed by atoms with Gasteiger partial charge < -0.3 is 50.4 Å². The van der Waals surface area contributed by atoms with Crippen LogP contribution in [-0.4, -0.2) is 138 Å². The summed E-state index contributed by atoms with van der Waals surface area (Å²) in [5.41, 5.74) is 1.56. The summed E-state index contributed by atoms with van der Waals surface area (Å²) in [5, 5.41) is 36.9. The highest BCUT2D eigenvalue weighted by atomic mass is 16.5. The number of aryl methyl sites for hydroxylation is 2. The van der Waals surface area contributed by atoms with Crippen molar-refractivity contribution in [3.05, 3.63) is 47.3 Å². The number of nitrogens with zero attached hydrogens (tertiary/aromatic N) is 3. The van der Waals surface area contributed by atoms with Gasteiger partial charge in [0, 0.05) is 56.3 Å². The number of benzene rings is 1. The Balaban J connectivity index is 1.45. The maximum atomic E-state index is 12.7. The van der Waals surface area contributed by atoms with Crippen molar-refractivity contribution < 1.29 is 57.9 Å². The van der Waals surface area contributed by atoms with Gasteiger partial charge in [0.15, 0.2) is 5.78 Å². The van der Waals surface area contributed by atoms with Crippen molar-refractivity contribution >= 4 is 35.6 Å². The van der Waals surface area contributed by atoms with Crippen LogP contribution in [0.15, 0.2) is 30.5 Å². The van der Waals surface area contributed by atoms with Gasteiger partial charge in [0.1, 0.15) is 12.6 Å². The zero-order valence-corrected chi connectivity index (χ0v) is 36.0. The van der Waals surface area contributed by atoms with E-state index in [1.165, 1.54) is 0 Å². The number of rotatable bonds is 35. The Morgan fingerprint density at radius 3 is 1.98 bits per heavy atom. The van der Waals surface area contributed by atoms with Gasteiger partial charge in [-0.15, -0.1) is 5.10 Å². The quantitative estimate of drug-likeness (QED) is 0.0428. The molecule has 0 fully saturated rings. The van der Waals surface area contributed by atoms with E-state index in [4.69, 9.17) is 24.1 Å². The molecular formula is C42H67N7O12. The van der Waals surface area contributed by atoms with Crippen LogP contribution in [0.5, 0.6) is 0 Å². The van der Waals surface area contributed by atoms with Crippen molar-refractivity contribution in [2.45, 2.75) is 116 Å². The van der Waals surface area contributed by atoms with Crippen LogP contribution in [-0.2, 0) is 46.3 Å². The topological polar surface area (TPSA) is 259 Å². The van der Waals surface area contributed by atoms with Crippen molar-refractivity contribution in [3.8, 4) is 0 Å². The fourth-order valence-corrected chi connectivity index (χ4v) is 5.64. The molecule has 0 unspecified atom stereocenters. The molecule has 2 aromatic rings. The van der Waals surface area contributed by atoms with Gasteiger partial charge in [-0.1, -0.05) is 36.6 Å². The fraction of sp³-hybridized carbons (Fsp3) is 0.667. The summed E-state index contributed by atoms with van der Waals surface area (Å²) in [4.78, 5) is 70.9. The third-order valence-corrected chi connectivity index (χ3v) is 8.96. The third-order valence-electron chi connectivity index (χ3n) is 8.96. The lowest BCUT2D eigenvalue weighted by Gasteiger charge is -2.18. The summed E-state index contributed by atoms with van der Waals surface area (Å²) in [5.74, 6) is -2.49. The van der Waals surface area contributed by atoms with Gasteiger partial charge in [-0.25, -0.2) is 9.59 Å². The molecule has 1 heterocycles. The fourth-order valence-electron chi connectivity index (χ4n) is 5.64. The molecule has 0 spiro atoms. The van der Waals surface area contributed by atoms with Crippen molar-refractivity contribution in [2.24, 2.45) is 0 Å². The molecule has 0 aliphatic heterocycles. The molecule has 0 saturated carbocycles. The largest absolute Gasteiger partial charge is 0.481 e. The molecule has 61 heavy (non-hydrogen) atoms. The van der Waals surface area contributed by atoms with Crippen LogP contribution in [0.1, 0.15) is 118 Å². The number of amides is 4. The van der Waals surface area contributed by atoms with Crippen LogP contribution in [0, 0.1) is 0 Å². The first-order valence-corrected chi connectivity index (χ1v) is 21.2. The Labute approximate surface area is 358 Å². The summed E-state index contributed by atoms with van der Waals surface area (Å²) in [6.45, 7) is 9.36. The molecular weight excluding hydrogens is 794 g/mol. The van der Waals surface area contributed by atoms with Gasteiger partial charge in [0.2, 0.25) is 5.91 Å². The molecule has 1 aromatic heterocycles. The van der Waals surface area contributed by atoms with E-state index in [2.05, 4.69) is 31.6 Å². The van der Waals surface area contributed by atoms with Crippen LogP contribution in [0.2, 0.25) is 0 Å². The monoisotopic (exact) mass is 861 g/mol. The third kappa shape index (κ3) is 26.8. The highest BCUT2D eigenvalue weighted by molar-refractivity contribution is 5.98. The molecule has 19 heteroatoms. The van der Waals surface area contributed by atoms with E-state index in [1.54, 1.807) is 28.9 Å². The summed E-state index contributed by atoms with van der Waals surface area (Å²) >= 11 is 0. The summed E-state index contributed by atoms with van der Waals surface area (Å²) in [7, 11) is 0. The smallest absolute Gasteiger partial charge is 0.326 e. The molecule has 6 N–H and O–H groups in total. The van der Waals surface area contributed by atoms with E-state index < -0.39 is 24.0 Å². The molecule has 0 aliphatic carbocycles. The minimum absolute atomic E-state index is 0.0115. The number of Topliss-reactive ketones (excluding diaryl/α,β-unsaturated/α-hetero) is 1. The first kappa shape index (κ1) is 52.2. The second-order valence-electron chi connectivity index (χ2n) is 15.4. The number of carbonyl (C=O) groups is 6. The Morgan fingerprint density at radius 1 is 0.705 bits per heavy atom. The van der Waals surface area contributed by atoms with Gasteiger partial charge in [0.25, 0.3) is 5.91 Å². The number of hydrogen-bond acceptors (Lipinski definition) is 12. The maximum Gasteiger partial charge on any atom is 0.326 e. The minimum Gasteiger partial charge on any atom is -0.481 e. The predicted octanol–water partition coefficient (Wildman–Crippen LogP) is 3.54. The number of urea groups is 1. The number of ketones is 1. The number of aromatic nitrogens is 3. The second kappa shape index (κ2) is 31.0. The first-order chi connectivity index (χ1) is 29.2. The molecule has 19 nitrogen and oxygen atoms in total. The summed E-state index contributed by atoms with van der Waals surface area (Å²) < 4.78 is 23.5. The molecule has 1 atom stereocenters. The Kier molecular flexibility index (Phi) is 26.5. The lowest BCUT2D eigenvalue weighted by Crippen LogP contribution is -2.46. The molecule has 342 valence electrons. The molecule has 0 saturated heterocycles. The van der Waals surface area contributed by atoms with Crippen LogP contribution in [0.4, 0.5) is 4.79 Å². The van der Waals surface area contributed by atoms with E-state index in [9.17, 15) is 33.9 Å². The van der Waals surface area contributed by atoms with Crippen molar-refractivity contribution in [1.82, 2.24) is 36.3 Å². The Hall–Kier alpha value is -4.98. The number of unbranched alkanes of at least 4 members (excludes halogenated alkanes) is 5. The van der Waals surface area contributed by atoms with Gasteiger partial charge in [-0.05, 0) is 77.8 Å². The number of carboxylic acid groups (broad SMARTS) is 2.